The molecule has 0 aliphatic carbocycles. The van der Waals surface area contributed by atoms with Gasteiger partial charge in [-0.2, -0.15) is 0 Å². The molecule has 0 fully saturated rings. The summed E-state index contributed by atoms with van der Waals surface area (Å²) in [5.41, 5.74) is 1.64. The molecule has 0 spiro atoms. The van der Waals surface area contributed by atoms with Crippen LogP contribution in [-0.4, -0.2) is 30.1 Å². The first kappa shape index (κ1) is 15.0. The lowest BCUT2D eigenvalue weighted by molar-refractivity contribution is -0.123. The maximum atomic E-state index is 11.4. The van der Waals surface area contributed by atoms with Crippen molar-refractivity contribution in [2.24, 2.45) is 0 Å². The summed E-state index contributed by atoms with van der Waals surface area (Å²) in [6, 6.07) is 3.07. The number of hydrogen-bond donors (Lipinski definition) is 2. The second-order valence-electron chi connectivity index (χ2n) is 4.38. The first-order valence-electron chi connectivity index (χ1n) is 6.19. The number of ether oxygens (including phenoxy) is 1. The van der Waals surface area contributed by atoms with Gasteiger partial charge in [-0.3, -0.25) is 4.79 Å². The highest BCUT2D eigenvalue weighted by Crippen LogP contribution is 2.24. The molecule has 5 nitrogen and oxygen atoms in total. The Kier molecular flexibility index (Phi) is 5.36. The molecule has 0 saturated heterocycles. The summed E-state index contributed by atoms with van der Waals surface area (Å²) in [7, 11) is 0. The van der Waals surface area contributed by atoms with Crippen LogP contribution in [0, 0.1) is 13.8 Å². The van der Waals surface area contributed by atoms with Gasteiger partial charge in [0, 0.05) is 6.54 Å². The number of rotatable bonds is 6. The van der Waals surface area contributed by atoms with Crippen molar-refractivity contribution in [2.45, 2.75) is 27.2 Å². The number of amides is 1. The van der Waals surface area contributed by atoms with E-state index in [4.69, 9.17) is 9.84 Å². The zero-order valence-corrected chi connectivity index (χ0v) is 11.4. The summed E-state index contributed by atoms with van der Waals surface area (Å²) >= 11 is 0. The topological polar surface area (TPSA) is 75.6 Å². The Morgan fingerprint density at radius 2 is 1.84 bits per heavy atom. The predicted octanol–water partition coefficient (Wildman–Crippen LogP) is 1.91. The summed E-state index contributed by atoms with van der Waals surface area (Å²) in [5, 5.41) is 11.6. The van der Waals surface area contributed by atoms with Gasteiger partial charge in [0.05, 0.1) is 5.56 Å². The van der Waals surface area contributed by atoms with E-state index >= 15 is 0 Å². The van der Waals surface area contributed by atoms with Gasteiger partial charge < -0.3 is 15.2 Å². The lowest BCUT2D eigenvalue weighted by Crippen LogP contribution is -2.29. The van der Waals surface area contributed by atoms with Gasteiger partial charge in [-0.15, -0.1) is 0 Å². The van der Waals surface area contributed by atoms with Gasteiger partial charge in [0.1, 0.15) is 5.75 Å². The van der Waals surface area contributed by atoms with Crippen molar-refractivity contribution in [1.82, 2.24) is 5.32 Å². The van der Waals surface area contributed by atoms with Crippen molar-refractivity contribution in [2.75, 3.05) is 13.2 Å². The Morgan fingerprint density at radius 1 is 1.26 bits per heavy atom. The molecule has 1 aromatic carbocycles. The third-order valence-corrected chi connectivity index (χ3v) is 2.63. The number of nitrogens with one attached hydrogen (secondary N) is 1. The van der Waals surface area contributed by atoms with Crippen LogP contribution < -0.4 is 10.1 Å². The normalized spacial score (nSPS) is 10.1. The highest BCUT2D eigenvalue weighted by molar-refractivity contribution is 5.88. The molecule has 0 unspecified atom stereocenters. The number of aryl methyl sites for hydroxylation is 2. The molecular formula is C14H19NO4. The second-order valence-corrected chi connectivity index (χ2v) is 4.38. The first-order chi connectivity index (χ1) is 8.95. The molecule has 19 heavy (non-hydrogen) atoms. The highest BCUT2D eigenvalue weighted by Gasteiger charge is 2.11. The van der Waals surface area contributed by atoms with Gasteiger partial charge in [-0.05, 0) is 43.5 Å². The number of aromatic carboxylic acids is 1. The molecule has 104 valence electrons. The summed E-state index contributed by atoms with van der Waals surface area (Å²) in [4.78, 5) is 22.3. The molecule has 2 N–H and O–H groups in total. The number of carbonyl (C=O) groups is 2. The van der Waals surface area contributed by atoms with Crippen molar-refractivity contribution in [3.05, 3.63) is 28.8 Å². The molecule has 0 bridgehead atoms. The number of benzene rings is 1. The minimum atomic E-state index is -0.974. The van der Waals surface area contributed by atoms with Crippen molar-refractivity contribution >= 4 is 11.9 Å². The molecular weight excluding hydrogens is 246 g/mol. The largest absolute Gasteiger partial charge is 0.483 e. The number of carbonyl (C=O) groups excluding carboxylic acids is 1. The fourth-order valence-electron chi connectivity index (χ4n) is 1.75. The Labute approximate surface area is 112 Å². The molecule has 0 atom stereocenters. The van der Waals surface area contributed by atoms with Gasteiger partial charge in [-0.1, -0.05) is 6.92 Å². The standard InChI is InChI=1S/C14H19NO4/c1-4-5-15-12(16)8-19-13-9(2)6-11(14(17)18)7-10(13)3/h6-7H,4-5,8H2,1-3H3,(H,15,16)(H,17,18). The Balaban J connectivity index is 2.74. The third-order valence-electron chi connectivity index (χ3n) is 2.63. The van der Waals surface area contributed by atoms with Crippen LogP contribution in [0.5, 0.6) is 5.75 Å². The van der Waals surface area contributed by atoms with Crippen molar-refractivity contribution in [3.8, 4) is 5.75 Å². The second kappa shape index (κ2) is 6.78. The van der Waals surface area contributed by atoms with Gasteiger partial charge >= 0.3 is 5.97 Å². The Hall–Kier alpha value is -2.04. The van der Waals surface area contributed by atoms with Crippen LogP contribution in [-0.2, 0) is 4.79 Å². The summed E-state index contributed by atoms with van der Waals surface area (Å²) < 4.78 is 5.46. The average Bonchev–Trinajstić information content (AvgIpc) is 2.34. The van der Waals surface area contributed by atoms with Crippen LogP contribution in [0.1, 0.15) is 34.8 Å². The SMILES string of the molecule is CCCNC(=O)COc1c(C)cc(C(=O)O)cc1C. The molecule has 0 aliphatic rings. The van der Waals surface area contributed by atoms with Crippen LogP contribution in [0.3, 0.4) is 0 Å². The molecule has 1 rings (SSSR count). The fraction of sp³-hybridized carbons (Fsp3) is 0.429. The molecule has 0 heterocycles. The monoisotopic (exact) mass is 265 g/mol. The summed E-state index contributed by atoms with van der Waals surface area (Å²) in [6.07, 6.45) is 0.872. The number of hydrogen-bond acceptors (Lipinski definition) is 3. The van der Waals surface area contributed by atoms with Crippen LogP contribution in [0.2, 0.25) is 0 Å². The van der Waals surface area contributed by atoms with E-state index in [0.29, 0.717) is 23.4 Å². The average molecular weight is 265 g/mol. The molecule has 0 aromatic heterocycles. The van der Waals surface area contributed by atoms with E-state index in [1.54, 1.807) is 13.8 Å². The molecule has 0 saturated carbocycles. The minimum Gasteiger partial charge on any atom is -0.483 e. The summed E-state index contributed by atoms with van der Waals surface area (Å²) in [6.45, 7) is 6.06. The van der Waals surface area contributed by atoms with Crippen LogP contribution in [0.15, 0.2) is 12.1 Å². The van der Waals surface area contributed by atoms with E-state index in [1.165, 1.54) is 12.1 Å². The van der Waals surface area contributed by atoms with E-state index < -0.39 is 5.97 Å². The van der Waals surface area contributed by atoms with E-state index in [2.05, 4.69) is 5.32 Å². The predicted molar refractivity (Wildman–Crippen MR) is 71.7 cm³/mol. The van der Waals surface area contributed by atoms with Gasteiger partial charge in [0.2, 0.25) is 0 Å². The maximum absolute atomic E-state index is 11.4. The van der Waals surface area contributed by atoms with Gasteiger partial charge in [0.25, 0.3) is 5.91 Å². The van der Waals surface area contributed by atoms with Crippen LogP contribution >= 0.6 is 0 Å². The third kappa shape index (κ3) is 4.28. The highest BCUT2D eigenvalue weighted by atomic mass is 16.5. The van der Waals surface area contributed by atoms with Crippen molar-refractivity contribution in [1.29, 1.82) is 0 Å². The van der Waals surface area contributed by atoms with E-state index in [0.717, 1.165) is 6.42 Å². The van der Waals surface area contributed by atoms with Crippen LogP contribution in [0.4, 0.5) is 0 Å². The summed E-state index contributed by atoms with van der Waals surface area (Å²) in [5.74, 6) is -0.585. The fourth-order valence-corrected chi connectivity index (χ4v) is 1.75. The number of carboxylic acid groups (broad SMARTS) is 1. The smallest absolute Gasteiger partial charge is 0.335 e. The van der Waals surface area contributed by atoms with Crippen molar-refractivity contribution in [3.63, 3.8) is 0 Å². The Morgan fingerprint density at radius 3 is 2.32 bits per heavy atom. The Bertz CT molecular complexity index is 459. The molecule has 1 amide bonds. The molecule has 0 radical (unpaired) electrons. The molecule has 0 aliphatic heterocycles. The van der Waals surface area contributed by atoms with E-state index in [-0.39, 0.29) is 18.1 Å². The van der Waals surface area contributed by atoms with Crippen LogP contribution in [0.25, 0.3) is 0 Å². The first-order valence-corrected chi connectivity index (χ1v) is 6.19. The van der Waals surface area contributed by atoms with E-state index in [1.807, 2.05) is 6.92 Å². The number of carboxylic acids is 1. The van der Waals surface area contributed by atoms with Gasteiger partial charge in [-0.25, -0.2) is 4.79 Å². The zero-order chi connectivity index (χ0) is 14.4. The zero-order valence-electron chi connectivity index (χ0n) is 11.4. The quantitative estimate of drug-likeness (QED) is 0.823. The van der Waals surface area contributed by atoms with Crippen molar-refractivity contribution < 1.29 is 19.4 Å². The lowest BCUT2D eigenvalue weighted by Gasteiger charge is -2.13. The maximum Gasteiger partial charge on any atom is 0.335 e. The van der Waals surface area contributed by atoms with E-state index in [9.17, 15) is 9.59 Å². The minimum absolute atomic E-state index is 0.0614. The molecule has 1 aromatic rings. The lowest BCUT2D eigenvalue weighted by atomic mass is 10.1. The van der Waals surface area contributed by atoms with Gasteiger partial charge in [0.15, 0.2) is 6.61 Å². The molecule has 5 heteroatoms.